The van der Waals surface area contributed by atoms with Crippen LogP contribution in [0.2, 0.25) is 0 Å². The van der Waals surface area contributed by atoms with Crippen LogP contribution >= 0.6 is 31.9 Å². The van der Waals surface area contributed by atoms with Crippen molar-refractivity contribution in [2.75, 3.05) is 23.9 Å². The summed E-state index contributed by atoms with van der Waals surface area (Å²) in [6, 6.07) is 15.4. The fraction of sp³-hybridized carbons (Fsp3) is 0.455. The minimum atomic E-state index is 0.749. The molecule has 0 spiro atoms. The molecule has 0 heterocycles. The molecule has 0 aliphatic rings. The number of alkyl halides is 2. The summed E-state index contributed by atoms with van der Waals surface area (Å²) >= 11 is 6.88. The van der Waals surface area contributed by atoms with Crippen LogP contribution in [-0.2, 0) is 0 Å². The summed E-state index contributed by atoms with van der Waals surface area (Å²) in [6.45, 7) is 1.50. The lowest BCUT2D eigenvalue weighted by Gasteiger charge is -2.06. The molecular formula is C22H28Br2N2O2. The summed E-state index contributed by atoms with van der Waals surface area (Å²) < 4.78 is 11.5. The van der Waals surface area contributed by atoms with Gasteiger partial charge in [-0.05, 0) is 87.1 Å². The third-order valence-electron chi connectivity index (χ3n) is 4.05. The Morgan fingerprint density at radius 2 is 0.929 bits per heavy atom. The van der Waals surface area contributed by atoms with Crippen molar-refractivity contribution in [3.05, 3.63) is 48.5 Å². The van der Waals surface area contributed by atoms with Crippen molar-refractivity contribution in [2.45, 2.75) is 38.5 Å². The Hall–Kier alpha value is -1.40. The van der Waals surface area contributed by atoms with Crippen LogP contribution in [0.1, 0.15) is 38.5 Å². The van der Waals surface area contributed by atoms with Crippen LogP contribution in [0.25, 0.3) is 0 Å². The van der Waals surface area contributed by atoms with E-state index >= 15 is 0 Å². The van der Waals surface area contributed by atoms with E-state index < -0.39 is 0 Å². The van der Waals surface area contributed by atoms with Gasteiger partial charge >= 0.3 is 0 Å². The average molecular weight is 512 g/mol. The molecule has 0 aliphatic carbocycles. The van der Waals surface area contributed by atoms with Gasteiger partial charge in [0.2, 0.25) is 0 Å². The van der Waals surface area contributed by atoms with Gasteiger partial charge in [-0.15, -0.1) is 0 Å². The minimum absolute atomic E-state index is 0.749. The topological polar surface area (TPSA) is 43.2 Å². The van der Waals surface area contributed by atoms with E-state index in [9.17, 15) is 0 Å². The van der Waals surface area contributed by atoms with E-state index in [0.29, 0.717) is 0 Å². The number of benzene rings is 2. The van der Waals surface area contributed by atoms with Crippen molar-refractivity contribution in [1.29, 1.82) is 0 Å². The highest BCUT2D eigenvalue weighted by atomic mass is 79.9. The van der Waals surface area contributed by atoms with E-state index in [2.05, 4.69) is 42.1 Å². The number of nitrogens with zero attached hydrogens (tertiary/aromatic N) is 2. The summed E-state index contributed by atoms with van der Waals surface area (Å²) in [5.74, 6) is 1.74. The summed E-state index contributed by atoms with van der Waals surface area (Å²) in [7, 11) is 0. The van der Waals surface area contributed by atoms with Gasteiger partial charge in [0.25, 0.3) is 0 Å². The first-order valence-corrected chi connectivity index (χ1v) is 12.1. The SMILES string of the molecule is BrCCCCCOc1ccc(N=Nc2ccc(OCCCCCBr)cc2)cc1. The second-order valence-electron chi connectivity index (χ2n) is 6.38. The van der Waals surface area contributed by atoms with Crippen LogP contribution in [0.15, 0.2) is 58.8 Å². The molecule has 0 aliphatic heterocycles. The molecule has 0 N–H and O–H groups in total. The van der Waals surface area contributed by atoms with Gasteiger partial charge in [-0.1, -0.05) is 31.9 Å². The maximum atomic E-state index is 5.73. The molecule has 152 valence electrons. The van der Waals surface area contributed by atoms with Gasteiger partial charge < -0.3 is 9.47 Å². The zero-order valence-electron chi connectivity index (χ0n) is 16.2. The first kappa shape index (κ1) is 22.9. The van der Waals surface area contributed by atoms with Crippen LogP contribution in [0.3, 0.4) is 0 Å². The van der Waals surface area contributed by atoms with Gasteiger partial charge in [0.15, 0.2) is 0 Å². The van der Waals surface area contributed by atoms with Crippen molar-refractivity contribution in [2.24, 2.45) is 10.2 Å². The van der Waals surface area contributed by atoms with E-state index in [-0.39, 0.29) is 0 Å². The van der Waals surface area contributed by atoms with Gasteiger partial charge in [0.05, 0.1) is 24.6 Å². The molecule has 0 saturated heterocycles. The molecule has 4 nitrogen and oxygen atoms in total. The molecule has 0 atom stereocenters. The predicted octanol–water partition coefficient (Wildman–Crippen LogP) is 7.99. The Kier molecular flexibility index (Phi) is 11.9. The van der Waals surface area contributed by atoms with Crippen LogP contribution in [0.5, 0.6) is 11.5 Å². The summed E-state index contributed by atoms with van der Waals surface area (Å²) in [5.41, 5.74) is 1.61. The maximum Gasteiger partial charge on any atom is 0.119 e. The highest BCUT2D eigenvalue weighted by Gasteiger charge is 1.97. The molecule has 0 amide bonds. The van der Waals surface area contributed by atoms with Gasteiger partial charge in [0, 0.05) is 10.7 Å². The Morgan fingerprint density at radius 3 is 1.29 bits per heavy atom. The lowest BCUT2D eigenvalue weighted by molar-refractivity contribution is 0.306. The lowest BCUT2D eigenvalue weighted by atomic mass is 10.2. The Balaban J connectivity index is 1.73. The molecule has 0 unspecified atom stereocenters. The normalized spacial score (nSPS) is 11.1. The molecule has 6 heteroatoms. The third-order valence-corrected chi connectivity index (χ3v) is 5.17. The predicted molar refractivity (Wildman–Crippen MR) is 123 cm³/mol. The standard InChI is InChI=1S/C22H28Br2N2O2/c23-15-3-1-5-17-27-21-11-7-19(8-12-21)25-26-20-9-13-22(14-10-20)28-18-6-2-4-16-24/h7-14H,1-6,15-18H2. The Morgan fingerprint density at radius 1 is 0.536 bits per heavy atom. The number of rotatable bonds is 14. The number of hydrogen-bond acceptors (Lipinski definition) is 4. The third kappa shape index (κ3) is 9.69. The first-order chi connectivity index (χ1) is 13.8. The number of ether oxygens (including phenoxy) is 2. The van der Waals surface area contributed by atoms with Gasteiger partial charge in [-0.25, -0.2) is 0 Å². The van der Waals surface area contributed by atoms with Gasteiger partial charge in [-0.2, -0.15) is 10.2 Å². The molecule has 0 bridgehead atoms. The summed E-state index contributed by atoms with van der Waals surface area (Å²) in [4.78, 5) is 0. The number of azo groups is 1. The zero-order valence-corrected chi connectivity index (χ0v) is 19.3. The fourth-order valence-electron chi connectivity index (χ4n) is 2.46. The number of halogens is 2. The second kappa shape index (κ2) is 14.6. The van der Waals surface area contributed by atoms with E-state index in [1.54, 1.807) is 0 Å². The first-order valence-electron chi connectivity index (χ1n) is 9.81. The van der Waals surface area contributed by atoms with E-state index in [4.69, 9.17) is 9.47 Å². The van der Waals surface area contributed by atoms with Crippen LogP contribution in [0, 0.1) is 0 Å². The number of hydrogen-bond donors (Lipinski definition) is 0. The van der Waals surface area contributed by atoms with Crippen molar-refractivity contribution in [3.8, 4) is 11.5 Å². The van der Waals surface area contributed by atoms with Crippen molar-refractivity contribution in [3.63, 3.8) is 0 Å². The molecule has 2 aromatic rings. The maximum absolute atomic E-state index is 5.73. The summed E-state index contributed by atoms with van der Waals surface area (Å²) in [6.07, 6.45) is 6.88. The van der Waals surface area contributed by atoms with Crippen LogP contribution in [-0.4, -0.2) is 23.9 Å². The average Bonchev–Trinajstić information content (AvgIpc) is 2.74. The molecule has 2 rings (SSSR count). The molecule has 0 aromatic heterocycles. The van der Waals surface area contributed by atoms with Crippen molar-refractivity contribution >= 4 is 43.2 Å². The molecule has 0 saturated carbocycles. The quantitative estimate of drug-likeness (QED) is 0.146. The van der Waals surface area contributed by atoms with E-state index in [1.807, 2.05) is 48.5 Å². The molecule has 0 radical (unpaired) electrons. The molecular weight excluding hydrogens is 484 g/mol. The fourth-order valence-corrected chi connectivity index (χ4v) is 3.25. The second-order valence-corrected chi connectivity index (χ2v) is 7.97. The molecule has 0 fully saturated rings. The van der Waals surface area contributed by atoms with Gasteiger partial charge in [-0.3, -0.25) is 0 Å². The Bertz CT molecular complexity index is 616. The molecule has 2 aromatic carbocycles. The van der Waals surface area contributed by atoms with E-state index in [1.165, 1.54) is 25.7 Å². The van der Waals surface area contributed by atoms with Gasteiger partial charge in [0.1, 0.15) is 11.5 Å². The van der Waals surface area contributed by atoms with Crippen molar-refractivity contribution in [1.82, 2.24) is 0 Å². The highest BCUT2D eigenvalue weighted by molar-refractivity contribution is 9.09. The number of unbranched alkanes of at least 4 members (excludes halogenated alkanes) is 4. The monoisotopic (exact) mass is 510 g/mol. The highest BCUT2D eigenvalue weighted by Crippen LogP contribution is 2.23. The zero-order chi connectivity index (χ0) is 19.9. The summed E-state index contributed by atoms with van der Waals surface area (Å²) in [5, 5.41) is 10.7. The minimum Gasteiger partial charge on any atom is -0.494 e. The van der Waals surface area contributed by atoms with Crippen molar-refractivity contribution < 1.29 is 9.47 Å². The molecule has 28 heavy (non-hydrogen) atoms. The largest absolute Gasteiger partial charge is 0.494 e. The Labute approximate surface area is 185 Å². The van der Waals surface area contributed by atoms with Crippen LogP contribution < -0.4 is 9.47 Å². The lowest BCUT2D eigenvalue weighted by Crippen LogP contribution is -1.97. The van der Waals surface area contributed by atoms with Crippen LogP contribution in [0.4, 0.5) is 11.4 Å². The van der Waals surface area contributed by atoms with E-state index in [0.717, 1.165) is 59.6 Å². The smallest absolute Gasteiger partial charge is 0.119 e.